The van der Waals surface area contributed by atoms with Crippen LogP contribution < -0.4 is 10.5 Å². The molecule has 1 aromatic rings. The van der Waals surface area contributed by atoms with Crippen LogP contribution in [0.1, 0.15) is 19.8 Å². The van der Waals surface area contributed by atoms with Crippen LogP contribution in [0.4, 0.5) is 0 Å². The first kappa shape index (κ1) is 11.4. The minimum absolute atomic E-state index is 0.00882. The molecule has 0 bridgehead atoms. The average molecular weight is 225 g/mol. The van der Waals surface area contributed by atoms with Gasteiger partial charge in [0.1, 0.15) is 12.2 Å². The maximum atomic E-state index is 5.80. The van der Waals surface area contributed by atoms with Crippen molar-refractivity contribution >= 4 is 0 Å². The minimum atomic E-state index is 0.00882. The first-order chi connectivity index (χ1) is 7.74. The Morgan fingerprint density at radius 1 is 1.62 bits per heavy atom. The van der Waals surface area contributed by atoms with Gasteiger partial charge in [0.05, 0.1) is 12.4 Å². The second-order valence-corrected chi connectivity index (χ2v) is 4.20. The largest absolute Gasteiger partial charge is 0.484 e. The first-order valence-electron chi connectivity index (χ1n) is 5.72. The summed E-state index contributed by atoms with van der Waals surface area (Å²) < 4.78 is 12.9. The molecule has 3 atom stereocenters. The van der Waals surface area contributed by atoms with E-state index in [9.17, 15) is 0 Å². The van der Waals surface area contributed by atoms with Gasteiger partial charge < -0.3 is 15.2 Å². The molecule has 1 aliphatic rings. The summed E-state index contributed by atoms with van der Waals surface area (Å²) in [5.41, 5.74) is 5.80. The molecule has 2 rings (SSSR count). The van der Waals surface area contributed by atoms with Crippen molar-refractivity contribution in [2.45, 2.75) is 44.6 Å². The van der Waals surface area contributed by atoms with Gasteiger partial charge in [0.2, 0.25) is 0 Å². The van der Waals surface area contributed by atoms with Gasteiger partial charge in [-0.25, -0.2) is 0 Å². The molecule has 1 saturated carbocycles. The van der Waals surface area contributed by atoms with E-state index >= 15 is 0 Å². The molecular weight excluding hydrogens is 206 g/mol. The molecule has 0 saturated heterocycles. The molecule has 0 amide bonds. The number of rotatable bonds is 5. The van der Waals surface area contributed by atoms with Crippen molar-refractivity contribution in [1.29, 1.82) is 0 Å². The Labute approximate surface area is 95.5 Å². The summed E-state index contributed by atoms with van der Waals surface area (Å²) in [7, 11) is 1.67. The Balaban J connectivity index is 1.89. The second-order valence-electron chi connectivity index (χ2n) is 4.20. The summed E-state index contributed by atoms with van der Waals surface area (Å²) in [5.74, 6) is 0.799. The Morgan fingerprint density at radius 2 is 2.44 bits per heavy atom. The molecule has 1 aromatic heterocycles. The Kier molecular flexibility index (Phi) is 3.46. The van der Waals surface area contributed by atoms with Crippen LogP contribution >= 0.6 is 0 Å². The van der Waals surface area contributed by atoms with Gasteiger partial charge in [-0.05, 0) is 6.42 Å². The maximum Gasteiger partial charge on any atom is 0.157 e. The number of hydrogen-bond acceptors (Lipinski definition) is 4. The Hall–Kier alpha value is -1.07. The van der Waals surface area contributed by atoms with E-state index in [0.717, 1.165) is 25.1 Å². The highest BCUT2D eigenvalue weighted by molar-refractivity contribution is 5.14. The third-order valence-electron chi connectivity index (χ3n) is 2.91. The van der Waals surface area contributed by atoms with Crippen molar-refractivity contribution < 1.29 is 9.47 Å². The van der Waals surface area contributed by atoms with E-state index in [2.05, 4.69) is 12.0 Å². The van der Waals surface area contributed by atoms with E-state index in [1.165, 1.54) is 0 Å². The molecule has 0 radical (unpaired) electrons. The SMILES string of the molecule is CCCn1cc(OC2CC(N)C2OC)cn1. The van der Waals surface area contributed by atoms with Gasteiger partial charge in [0, 0.05) is 26.1 Å². The predicted octanol–water partition coefficient (Wildman–Crippen LogP) is 0.786. The smallest absolute Gasteiger partial charge is 0.157 e. The lowest BCUT2D eigenvalue weighted by Gasteiger charge is -2.40. The lowest BCUT2D eigenvalue weighted by Crippen LogP contribution is -2.59. The summed E-state index contributed by atoms with van der Waals surface area (Å²) in [5, 5.41) is 4.21. The molecule has 2 N–H and O–H groups in total. The highest BCUT2D eigenvalue weighted by Gasteiger charge is 2.41. The van der Waals surface area contributed by atoms with Gasteiger partial charge >= 0.3 is 0 Å². The molecule has 1 aliphatic carbocycles. The zero-order chi connectivity index (χ0) is 11.5. The molecule has 0 aromatic carbocycles. The number of hydrogen-bond donors (Lipinski definition) is 1. The van der Waals surface area contributed by atoms with Crippen molar-refractivity contribution in [3.63, 3.8) is 0 Å². The molecule has 1 heterocycles. The van der Waals surface area contributed by atoms with Gasteiger partial charge in [-0.3, -0.25) is 4.68 Å². The van der Waals surface area contributed by atoms with E-state index in [0.29, 0.717) is 0 Å². The normalized spacial score (nSPS) is 28.8. The monoisotopic (exact) mass is 225 g/mol. The summed E-state index contributed by atoms with van der Waals surface area (Å²) in [6.07, 6.45) is 5.65. The first-order valence-corrected chi connectivity index (χ1v) is 5.72. The number of nitrogens with zero attached hydrogens (tertiary/aromatic N) is 2. The fourth-order valence-electron chi connectivity index (χ4n) is 1.99. The third kappa shape index (κ3) is 2.20. The molecule has 3 unspecified atom stereocenters. The van der Waals surface area contributed by atoms with Crippen molar-refractivity contribution in [1.82, 2.24) is 9.78 Å². The fourth-order valence-corrected chi connectivity index (χ4v) is 1.99. The summed E-state index contributed by atoms with van der Waals surface area (Å²) >= 11 is 0. The average Bonchev–Trinajstić information content (AvgIpc) is 2.66. The van der Waals surface area contributed by atoms with E-state index < -0.39 is 0 Å². The van der Waals surface area contributed by atoms with Crippen molar-refractivity contribution in [2.24, 2.45) is 5.73 Å². The molecule has 1 fully saturated rings. The molecule has 5 nitrogen and oxygen atoms in total. The third-order valence-corrected chi connectivity index (χ3v) is 2.91. The summed E-state index contributed by atoms with van der Waals surface area (Å²) in [6, 6.07) is 0.0979. The quantitative estimate of drug-likeness (QED) is 0.804. The standard InChI is InChI=1S/C11H19N3O2/c1-3-4-14-7-8(6-13-14)16-10-5-9(12)11(10)15-2/h6-7,9-11H,3-5,12H2,1-2H3. The highest BCUT2D eigenvalue weighted by atomic mass is 16.5. The van der Waals surface area contributed by atoms with E-state index in [1.54, 1.807) is 13.3 Å². The second kappa shape index (κ2) is 4.84. The van der Waals surface area contributed by atoms with Crippen LogP contribution in [-0.4, -0.2) is 35.1 Å². The number of aromatic nitrogens is 2. The number of ether oxygens (including phenoxy) is 2. The lowest BCUT2D eigenvalue weighted by atomic mass is 9.86. The van der Waals surface area contributed by atoms with Crippen LogP contribution in [0.3, 0.4) is 0 Å². The van der Waals surface area contributed by atoms with Gasteiger partial charge in [0.25, 0.3) is 0 Å². The van der Waals surface area contributed by atoms with Crippen LogP contribution in [-0.2, 0) is 11.3 Å². The molecular formula is C11H19N3O2. The van der Waals surface area contributed by atoms with Crippen molar-refractivity contribution in [3.8, 4) is 5.75 Å². The summed E-state index contributed by atoms with van der Waals surface area (Å²) in [6.45, 7) is 3.04. The number of nitrogens with two attached hydrogens (primary N) is 1. The Bertz CT molecular complexity index is 340. The summed E-state index contributed by atoms with van der Waals surface area (Å²) in [4.78, 5) is 0. The van der Waals surface area contributed by atoms with Gasteiger partial charge in [-0.1, -0.05) is 6.92 Å². The molecule has 0 aliphatic heterocycles. The van der Waals surface area contributed by atoms with E-state index in [-0.39, 0.29) is 18.2 Å². The molecule has 16 heavy (non-hydrogen) atoms. The molecule has 90 valence electrons. The number of aryl methyl sites for hydroxylation is 1. The van der Waals surface area contributed by atoms with E-state index in [1.807, 2.05) is 10.9 Å². The van der Waals surface area contributed by atoms with Crippen LogP contribution in [0.2, 0.25) is 0 Å². The molecule has 0 spiro atoms. The maximum absolute atomic E-state index is 5.80. The van der Waals surface area contributed by atoms with Gasteiger partial charge in [-0.15, -0.1) is 0 Å². The lowest BCUT2D eigenvalue weighted by molar-refractivity contribution is -0.0782. The highest BCUT2D eigenvalue weighted by Crippen LogP contribution is 2.26. The minimum Gasteiger partial charge on any atom is -0.484 e. The van der Waals surface area contributed by atoms with Crippen molar-refractivity contribution in [3.05, 3.63) is 12.4 Å². The van der Waals surface area contributed by atoms with E-state index in [4.69, 9.17) is 15.2 Å². The van der Waals surface area contributed by atoms with Crippen LogP contribution in [0.5, 0.6) is 5.75 Å². The topological polar surface area (TPSA) is 62.3 Å². The van der Waals surface area contributed by atoms with Crippen LogP contribution in [0.15, 0.2) is 12.4 Å². The zero-order valence-electron chi connectivity index (χ0n) is 9.80. The van der Waals surface area contributed by atoms with Gasteiger partial charge in [-0.2, -0.15) is 5.10 Å². The zero-order valence-corrected chi connectivity index (χ0v) is 9.80. The van der Waals surface area contributed by atoms with Gasteiger partial charge in [0.15, 0.2) is 5.75 Å². The molecule has 5 heteroatoms. The van der Waals surface area contributed by atoms with Crippen LogP contribution in [0.25, 0.3) is 0 Å². The Morgan fingerprint density at radius 3 is 3.06 bits per heavy atom. The number of methoxy groups -OCH3 is 1. The van der Waals surface area contributed by atoms with Crippen LogP contribution in [0, 0.1) is 0 Å². The fraction of sp³-hybridized carbons (Fsp3) is 0.727. The van der Waals surface area contributed by atoms with Crippen molar-refractivity contribution in [2.75, 3.05) is 7.11 Å². The predicted molar refractivity (Wildman–Crippen MR) is 60.3 cm³/mol.